The molecule has 0 fully saturated rings. The molecule has 0 spiro atoms. The Morgan fingerprint density at radius 1 is 1.22 bits per heavy atom. The number of anilines is 1. The summed E-state index contributed by atoms with van der Waals surface area (Å²) >= 11 is 13.5. The van der Waals surface area contributed by atoms with Crippen LogP contribution >= 0.6 is 42.1 Å². The highest BCUT2D eigenvalue weighted by atomic mass is 35.5. The second kappa shape index (κ2) is 7.76. The van der Waals surface area contributed by atoms with Gasteiger partial charge in [0.15, 0.2) is 5.66 Å². The van der Waals surface area contributed by atoms with Gasteiger partial charge in [-0.3, -0.25) is 14.3 Å². The van der Waals surface area contributed by atoms with Crippen LogP contribution in [0.15, 0.2) is 60.6 Å². The number of carbonyl (C=O) groups excluding carboxylic acids is 1. The summed E-state index contributed by atoms with van der Waals surface area (Å²) in [6.45, 7) is 3.60. The van der Waals surface area contributed by atoms with Crippen LogP contribution in [0.3, 0.4) is 0 Å². The predicted octanol–water partition coefficient (Wildman–Crippen LogP) is 5.60. The van der Waals surface area contributed by atoms with Gasteiger partial charge in [0.1, 0.15) is 0 Å². The van der Waals surface area contributed by atoms with Crippen molar-refractivity contribution < 1.29 is 19.1 Å². The molecule has 1 unspecified atom stereocenters. The van der Waals surface area contributed by atoms with Gasteiger partial charge in [-0.2, -0.15) is 0 Å². The molecule has 0 aliphatic heterocycles. The smallest absolute Gasteiger partial charge is 0.324 e. The molecule has 0 radical (unpaired) electrons. The van der Waals surface area contributed by atoms with Crippen molar-refractivity contribution in [1.29, 1.82) is 0 Å². The molecule has 3 aromatic rings. The molecule has 5 nitrogen and oxygen atoms in total. The van der Waals surface area contributed by atoms with Gasteiger partial charge in [-0.25, -0.2) is 0 Å². The van der Waals surface area contributed by atoms with E-state index in [1.165, 1.54) is 17.5 Å². The van der Waals surface area contributed by atoms with Gasteiger partial charge >= 0.3 is 7.60 Å². The summed E-state index contributed by atoms with van der Waals surface area (Å²) in [7, 11) is -4.86. The summed E-state index contributed by atoms with van der Waals surface area (Å²) < 4.78 is 13.1. The molecule has 0 aliphatic rings. The second-order valence-corrected chi connectivity index (χ2v) is 9.11. The van der Waals surface area contributed by atoms with Crippen LogP contribution in [0.5, 0.6) is 0 Å². The Balaban J connectivity index is 2.16. The Morgan fingerprint density at radius 3 is 2.56 bits per heavy atom. The van der Waals surface area contributed by atoms with E-state index in [4.69, 9.17) is 23.2 Å². The van der Waals surface area contributed by atoms with Crippen LogP contribution in [0, 0.1) is 0 Å². The zero-order chi connectivity index (χ0) is 19.8. The first-order chi connectivity index (χ1) is 12.7. The molecule has 1 heterocycles. The van der Waals surface area contributed by atoms with Crippen molar-refractivity contribution in [2.45, 2.75) is 5.66 Å². The van der Waals surface area contributed by atoms with Gasteiger partial charge < -0.3 is 9.79 Å². The van der Waals surface area contributed by atoms with Crippen LogP contribution < -0.4 is 4.90 Å². The molecule has 9 heteroatoms. The fourth-order valence-corrected chi connectivity index (χ4v) is 5.23. The molecule has 0 bridgehead atoms. The molecular formula is C18H14Cl2NO4PS. The van der Waals surface area contributed by atoms with E-state index in [0.717, 1.165) is 9.60 Å². The van der Waals surface area contributed by atoms with E-state index >= 15 is 0 Å². The normalized spacial score (nSPS) is 12.7. The number of rotatable bonds is 5. The number of nitrogens with zero attached hydrogens (tertiary/aromatic N) is 1. The van der Waals surface area contributed by atoms with Gasteiger partial charge in [0.25, 0.3) is 5.91 Å². The number of thiophene rings is 1. The highest BCUT2D eigenvalue weighted by Crippen LogP contribution is 2.55. The molecule has 3 rings (SSSR count). The summed E-state index contributed by atoms with van der Waals surface area (Å²) in [5.74, 6) is -0.828. The predicted molar refractivity (Wildman–Crippen MR) is 111 cm³/mol. The number of carbonyl (C=O) groups is 1. The first-order valence-corrected chi connectivity index (χ1v) is 11.0. The third-order valence-electron chi connectivity index (χ3n) is 3.96. The Hall–Kier alpha value is -1.66. The maximum Gasteiger partial charge on any atom is 0.342 e. The maximum atomic E-state index is 13.2. The topological polar surface area (TPSA) is 77.8 Å². The standard InChI is InChI=1S/C18H14Cl2NO4PS/c1-2-21(15-6-4-3-5-14(15)20)18(22)17(26(23,24)25)13-10-27-16-8-7-11(19)9-12(13)16/h2-10,17H,1H2,(H2,23,24,25). The molecule has 27 heavy (non-hydrogen) atoms. The molecule has 1 atom stereocenters. The van der Waals surface area contributed by atoms with E-state index in [1.807, 2.05) is 0 Å². The monoisotopic (exact) mass is 441 g/mol. The number of amides is 1. The number of para-hydroxylation sites is 1. The van der Waals surface area contributed by atoms with Gasteiger partial charge in [0, 0.05) is 15.9 Å². The summed E-state index contributed by atoms with van der Waals surface area (Å²) in [6, 6.07) is 11.5. The molecular weight excluding hydrogens is 428 g/mol. The van der Waals surface area contributed by atoms with Crippen molar-refractivity contribution in [3.63, 3.8) is 0 Å². The van der Waals surface area contributed by atoms with Crippen LogP contribution in [-0.2, 0) is 9.36 Å². The fraction of sp³-hybridized carbons (Fsp3) is 0.0556. The molecule has 2 aromatic carbocycles. The number of hydrogen-bond donors (Lipinski definition) is 2. The first-order valence-electron chi connectivity index (χ1n) is 7.66. The third-order valence-corrected chi connectivity index (χ3v) is 6.67. The minimum atomic E-state index is -4.86. The van der Waals surface area contributed by atoms with Gasteiger partial charge in [0.05, 0.1) is 10.7 Å². The SMILES string of the molecule is C=CN(C(=O)C(c1csc2ccc(Cl)cc12)P(=O)(O)O)c1ccccc1Cl. The van der Waals surface area contributed by atoms with Crippen LogP contribution in [0.4, 0.5) is 5.69 Å². The van der Waals surface area contributed by atoms with E-state index in [1.54, 1.807) is 47.8 Å². The number of fused-ring (bicyclic) bond motifs is 1. The molecule has 0 aliphatic carbocycles. The summed E-state index contributed by atoms with van der Waals surface area (Å²) in [4.78, 5) is 34.2. The Morgan fingerprint density at radius 2 is 1.93 bits per heavy atom. The zero-order valence-electron chi connectivity index (χ0n) is 13.8. The minimum absolute atomic E-state index is 0.217. The molecule has 1 aromatic heterocycles. The molecule has 0 saturated heterocycles. The van der Waals surface area contributed by atoms with Crippen molar-refractivity contribution in [3.8, 4) is 0 Å². The number of hydrogen-bond acceptors (Lipinski definition) is 3. The highest BCUT2D eigenvalue weighted by Gasteiger charge is 2.41. The van der Waals surface area contributed by atoms with Gasteiger partial charge in [0.2, 0.25) is 0 Å². The van der Waals surface area contributed by atoms with E-state index in [0.29, 0.717) is 10.4 Å². The van der Waals surface area contributed by atoms with Crippen LogP contribution in [0.2, 0.25) is 10.0 Å². The van der Waals surface area contributed by atoms with Gasteiger partial charge in [-0.15, -0.1) is 11.3 Å². The van der Waals surface area contributed by atoms with Crippen LogP contribution in [-0.4, -0.2) is 15.7 Å². The van der Waals surface area contributed by atoms with E-state index in [-0.39, 0.29) is 16.3 Å². The van der Waals surface area contributed by atoms with Crippen LogP contribution in [0.25, 0.3) is 10.1 Å². The lowest BCUT2D eigenvalue weighted by Crippen LogP contribution is -2.30. The fourth-order valence-electron chi connectivity index (χ4n) is 2.78. The van der Waals surface area contributed by atoms with Crippen molar-refractivity contribution in [2.75, 3.05) is 4.90 Å². The van der Waals surface area contributed by atoms with E-state index in [9.17, 15) is 19.1 Å². The quantitative estimate of drug-likeness (QED) is 0.504. The lowest BCUT2D eigenvalue weighted by Gasteiger charge is -2.25. The lowest BCUT2D eigenvalue weighted by atomic mass is 10.1. The zero-order valence-corrected chi connectivity index (χ0v) is 17.0. The Labute approximate surface area is 169 Å². The maximum absolute atomic E-state index is 13.2. The van der Waals surface area contributed by atoms with Crippen LogP contribution in [0.1, 0.15) is 11.2 Å². The van der Waals surface area contributed by atoms with E-state index in [2.05, 4.69) is 6.58 Å². The highest BCUT2D eigenvalue weighted by molar-refractivity contribution is 7.53. The Bertz CT molecular complexity index is 1080. The summed E-state index contributed by atoms with van der Waals surface area (Å²) in [6.07, 6.45) is 1.19. The van der Waals surface area contributed by atoms with Gasteiger partial charge in [-0.1, -0.05) is 41.9 Å². The largest absolute Gasteiger partial charge is 0.342 e. The van der Waals surface area contributed by atoms with E-state index < -0.39 is 19.2 Å². The average molecular weight is 442 g/mol. The third kappa shape index (κ3) is 3.97. The van der Waals surface area contributed by atoms with Crippen molar-refractivity contribution in [1.82, 2.24) is 0 Å². The van der Waals surface area contributed by atoms with Crippen molar-refractivity contribution >= 4 is 63.8 Å². The molecule has 2 N–H and O–H groups in total. The second-order valence-electron chi connectivity index (χ2n) is 5.67. The van der Waals surface area contributed by atoms with Gasteiger partial charge in [-0.05, 0) is 46.7 Å². The van der Waals surface area contributed by atoms with Crippen molar-refractivity contribution in [2.24, 2.45) is 0 Å². The first kappa shape index (κ1) is 20.1. The summed E-state index contributed by atoms with van der Waals surface area (Å²) in [5.41, 5.74) is -1.20. The average Bonchev–Trinajstić information content (AvgIpc) is 2.99. The number of benzene rings is 2. The molecule has 1 amide bonds. The molecule has 0 saturated carbocycles. The Kier molecular flexibility index (Phi) is 5.77. The van der Waals surface area contributed by atoms with Crippen molar-refractivity contribution in [3.05, 3.63) is 76.2 Å². The minimum Gasteiger partial charge on any atom is -0.324 e. The molecule has 140 valence electrons. The summed E-state index contributed by atoms with van der Waals surface area (Å²) in [5, 5.41) is 2.76. The lowest BCUT2D eigenvalue weighted by molar-refractivity contribution is -0.118. The number of halogens is 2.